The second-order valence-electron chi connectivity index (χ2n) is 3.67. The van der Waals surface area contributed by atoms with Crippen molar-refractivity contribution in [3.05, 3.63) is 0 Å². The molecule has 0 fully saturated rings. The van der Waals surface area contributed by atoms with E-state index in [2.05, 4.69) is 10.3 Å². The Balaban J connectivity index is 2.36. The fourth-order valence-electron chi connectivity index (χ4n) is 1.31. The van der Waals surface area contributed by atoms with Crippen LogP contribution < -0.4 is 5.32 Å². The molecule has 0 amide bonds. The van der Waals surface area contributed by atoms with Gasteiger partial charge in [0, 0.05) is 11.8 Å². The van der Waals surface area contributed by atoms with Crippen LogP contribution in [0.25, 0.3) is 0 Å². The number of hydrogen-bond donors (Lipinski definition) is 1. The molecule has 0 aromatic rings. The van der Waals surface area contributed by atoms with Crippen LogP contribution in [-0.2, 0) is 0 Å². The molecular weight excluding hydrogens is 225 g/mol. The highest BCUT2D eigenvalue weighted by molar-refractivity contribution is 8.14. The summed E-state index contributed by atoms with van der Waals surface area (Å²) in [7, 11) is 0. The number of nitrogens with zero attached hydrogens (tertiary/aromatic N) is 1. The van der Waals surface area contributed by atoms with Gasteiger partial charge in [0.25, 0.3) is 0 Å². The molecule has 1 aliphatic heterocycles. The lowest BCUT2D eigenvalue weighted by atomic mass is 10.2. The molecular formula is C9H15F3N2S. The van der Waals surface area contributed by atoms with E-state index >= 15 is 0 Å². The van der Waals surface area contributed by atoms with Crippen LogP contribution in [0, 0.1) is 0 Å². The monoisotopic (exact) mass is 240 g/mol. The van der Waals surface area contributed by atoms with E-state index in [-0.39, 0.29) is 6.04 Å². The van der Waals surface area contributed by atoms with Gasteiger partial charge in [-0.3, -0.25) is 4.99 Å². The van der Waals surface area contributed by atoms with Crippen LogP contribution in [-0.4, -0.2) is 29.2 Å². The van der Waals surface area contributed by atoms with Gasteiger partial charge in [-0.05, 0) is 13.3 Å². The molecule has 0 spiro atoms. The first-order chi connectivity index (χ1) is 6.90. The van der Waals surface area contributed by atoms with E-state index in [0.717, 1.165) is 12.2 Å². The summed E-state index contributed by atoms with van der Waals surface area (Å²) < 4.78 is 36.1. The van der Waals surface area contributed by atoms with E-state index in [1.807, 2.05) is 6.92 Å². The molecule has 1 rings (SSSR count). The number of amidine groups is 1. The first-order valence-corrected chi connectivity index (χ1v) is 5.93. The number of halogens is 3. The molecule has 0 radical (unpaired) electrons. The van der Waals surface area contributed by atoms with Crippen LogP contribution in [0.3, 0.4) is 0 Å². The Kier molecular flexibility index (Phi) is 4.31. The Labute approximate surface area is 91.7 Å². The molecule has 0 saturated heterocycles. The summed E-state index contributed by atoms with van der Waals surface area (Å²) >= 11 is 1.50. The van der Waals surface area contributed by atoms with Crippen molar-refractivity contribution in [2.75, 3.05) is 5.75 Å². The van der Waals surface area contributed by atoms with Crippen molar-refractivity contribution in [1.82, 2.24) is 5.32 Å². The predicted molar refractivity (Wildman–Crippen MR) is 57.2 cm³/mol. The van der Waals surface area contributed by atoms with E-state index < -0.39 is 18.6 Å². The average molecular weight is 240 g/mol. The van der Waals surface area contributed by atoms with E-state index in [9.17, 15) is 13.2 Å². The fourth-order valence-corrected chi connectivity index (χ4v) is 2.48. The van der Waals surface area contributed by atoms with Crippen molar-refractivity contribution in [2.24, 2.45) is 4.99 Å². The maximum atomic E-state index is 12.0. The van der Waals surface area contributed by atoms with E-state index in [0.29, 0.717) is 5.17 Å². The molecule has 0 aliphatic carbocycles. The normalized spacial score (nSPS) is 23.8. The molecule has 2 nitrogen and oxygen atoms in total. The van der Waals surface area contributed by atoms with E-state index in [4.69, 9.17) is 0 Å². The van der Waals surface area contributed by atoms with Gasteiger partial charge in [-0.2, -0.15) is 13.2 Å². The Hall–Kier alpha value is -0.390. The van der Waals surface area contributed by atoms with Crippen LogP contribution in [0.1, 0.15) is 26.7 Å². The molecule has 0 aromatic carbocycles. The first-order valence-electron chi connectivity index (χ1n) is 4.94. The summed E-state index contributed by atoms with van der Waals surface area (Å²) in [5.41, 5.74) is 0. The van der Waals surface area contributed by atoms with Crippen molar-refractivity contribution in [3.8, 4) is 0 Å². The van der Waals surface area contributed by atoms with Gasteiger partial charge in [0.05, 0.1) is 12.5 Å². The van der Waals surface area contributed by atoms with Crippen molar-refractivity contribution in [1.29, 1.82) is 0 Å². The average Bonchev–Trinajstić information content (AvgIpc) is 2.48. The maximum Gasteiger partial charge on any atom is 0.391 e. The van der Waals surface area contributed by atoms with Crippen molar-refractivity contribution >= 4 is 16.9 Å². The lowest BCUT2D eigenvalue weighted by Gasteiger charge is -2.15. The Morgan fingerprint density at radius 3 is 2.73 bits per heavy atom. The Bertz CT molecular complexity index is 240. The molecule has 1 heterocycles. The highest BCUT2D eigenvalue weighted by Gasteiger charge is 2.30. The summed E-state index contributed by atoms with van der Waals surface area (Å²) in [4.78, 5) is 4.28. The largest absolute Gasteiger partial charge is 0.391 e. The van der Waals surface area contributed by atoms with Gasteiger partial charge in [-0.15, -0.1) is 0 Å². The Morgan fingerprint density at radius 1 is 1.60 bits per heavy atom. The molecule has 0 bridgehead atoms. The van der Waals surface area contributed by atoms with Crippen molar-refractivity contribution in [3.63, 3.8) is 0 Å². The summed E-state index contributed by atoms with van der Waals surface area (Å²) in [6, 6.07) is -0.345. The minimum absolute atomic E-state index is 0.260. The minimum atomic E-state index is -4.11. The number of thioether (sulfide) groups is 1. The zero-order valence-electron chi connectivity index (χ0n) is 8.77. The Morgan fingerprint density at radius 2 is 2.27 bits per heavy atom. The standard InChI is InChI=1S/C9H15F3N2S/c1-3-7-5-15-8(14-7)13-6(2)4-9(10,11)12/h6-7H,3-5H2,1-2H3,(H,13,14). The van der Waals surface area contributed by atoms with E-state index in [1.54, 1.807) is 0 Å². The molecule has 2 atom stereocenters. The molecule has 2 unspecified atom stereocenters. The minimum Gasteiger partial charge on any atom is -0.362 e. The van der Waals surface area contributed by atoms with Gasteiger partial charge >= 0.3 is 6.18 Å². The highest BCUT2D eigenvalue weighted by atomic mass is 32.2. The summed E-state index contributed by atoms with van der Waals surface area (Å²) in [5.74, 6) is 0.873. The SMILES string of the molecule is CCC1CSC(NC(C)CC(F)(F)F)=N1. The van der Waals surface area contributed by atoms with Gasteiger partial charge in [0.15, 0.2) is 5.17 Å². The van der Waals surface area contributed by atoms with Gasteiger partial charge in [0.1, 0.15) is 0 Å². The van der Waals surface area contributed by atoms with Gasteiger partial charge < -0.3 is 5.32 Å². The number of hydrogen-bond acceptors (Lipinski definition) is 3. The molecule has 0 saturated carbocycles. The third-order valence-corrected chi connectivity index (χ3v) is 3.14. The lowest BCUT2D eigenvalue weighted by molar-refractivity contribution is -0.138. The number of alkyl halides is 3. The molecule has 0 aromatic heterocycles. The number of rotatable bonds is 3. The molecule has 15 heavy (non-hydrogen) atoms. The van der Waals surface area contributed by atoms with Crippen LogP contribution in [0.4, 0.5) is 13.2 Å². The fraction of sp³-hybridized carbons (Fsp3) is 0.889. The molecule has 1 aliphatic rings. The summed E-state index contributed by atoms with van der Waals surface area (Å²) in [5, 5.41) is 3.44. The van der Waals surface area contributed by atoms with E-state index in [1.165, 1.54) is 18.7 Å². The van der Waals surface area contributed by atoms with Crippen LogP contribution in [0.15, 0.2) is 4.99 Å². The smallest absolute Gasteiger partial charge is 0.362 e. The van der Waals surface area contributed by atoms with Crippen LogP contribution in [0.5, 0.6) is 0 Å². The second-order valence-corrected chi connectivity index (χ2v) is 4.68. The van der Waals surface area contributed by atoms with Gasteiger partial charge in [-0.25, -0.2) is 0 Å². The van der Waals surface area contributed by atoms with Crippen molar-refractivity contribution in [2.45, 2.75) is 44.9 Å². The van der Waals surface area contributed by atoms with Crippen LogP contribution >= 0.6 is 11.8 Å². The quantitative estimate of drug-likeness (QED) is 0.820. The zero-order valence-corrected chi connectivity index (χ0v) is 9.58. The third-order valence-electron chi connectivity index (χ3n) is 2.09. The number of aliphatic imine (C=N–C) groups is 1. The van der Waals surface area contributed by atoms with Crippen LogP contribution in [0.2, 0.25) is 0 Å². The lowest BCUT2D eigenvalue weighted by Crippen LogP contribution is -2.33. The second kappa shape index (κ2) is 5.09. The topological polar surface area (TPSA) is 24.4 Å². The predicted octanol–water partition coefficient (Wildman–Crippen LogP) is 2.80. The third kappa shape index (κ3) is 4.77. The zero-order chi connectivity index (χ0) is 11.5. The maximum absolute atomic E-state index is 12.0. The van der Waals surface area contributed by atoms with Gasteiger partial charge in [0.2, 0.25) is 0 Å². The molecule has 1 N–H and O–H groups in total. The van der Waals surface area contributed by atoms with Gasteiger partial charge in [-0.1, -0.05) is 18.7 Å². The molecule has 88 valence electrons. The van der Waals surface area contributed by atoms with Crippen molar-refractivity contribution < 1.29 is 13.2 Å². The first kappa shape index (κ1) is 12.7. The summed E-state index contributed by atoms with van der Waals surface area (Å²) in [6.45, 7) is 3.55. The molecule has 6 heteroatoms. The number of nitrogens with one attached hydrogen (secondary N) is 1. The summed E-state index contributed by atoms with van der Waals surface area (Å²) in [6.07, 6.45) is -3.99. The highest BCUT2D eigenvalue weighted by Crippen LogP contribution is 2.23.